The highest BCUT2D eigenvalue weighted by Gasteiger charge is 2.26. The normalized spacial score (nSPS) is 36.0. The van der Waals surface area contributed by atoms with Crippen molar-refractivity contribution in [1.82, 2.24) is 10.2 Å². The molecule has 17 heavy (non-hydrogen) atoms. The molecule has 2 aliphatic rings. The highest BCUT2D eigenvalue weighted by Crippen LogP contribution is 2.17. The van der Waals surface area contributed by atoms with E-state index in [4.69, 9.17) is 4.74 Å². The maximum Gasteiger partial charge on any atom is 0.0674 e. The summed E-state index contributed by atoms with van der Waals surface area (Å²) in [6.07, 6.45) is 2.90. The van der Waals surface area contributed by atoms with Crippen LogP contribution < -0.4 is 5.32 Å². The van der Waals surface area contributed by atoms with Gasteiger partial charge in [0, 0.05) is 43.2 Å². The van der Waals surface area contributed by atoms with Crippen LogP contribution in [-0.4, -0.2) is 60.8 Å². The Kier molecular flexibility index (Phi) is 5.60. The molecule has 100 valence electrons. The molecule has 0 aromatic carbocycles. The number of hydrogen-bond acceptors (Lipinski definition) is 4. The van der Waals surface area contributed by atoms with Crippen molar-refractivity contribution in [2.45, 2.75) is 44.9 Å². The Labute approximate surface area is 110 Å². The predicted octanol–water partition coefficient (Wildman–Crippen LogP) is 1.58. The monoisotopic (exact) mass is 258 g/mol. The maximum atomic E-state index is 5.74. The highest BCUT2D eigenvalue weighted by atomic mass is 32.2. The van der Waals surface area contributed by atoms with Crippen molar-refractivity contribution in [3.63, 3.8) is 0 Å². The fraction of sp³-hybridized carbons (Fsp3) is 1.00. The average Bonchev–Trinajstić information content (AvgIpc) is 2.38. The van der Waals surface area contributed by atoms with Gasteiger partial charge in [-0.3, -0.25) is 4.90 Å². The summed E-state index contributed by atoms with van der Waals surface area (Å²) in [4.78, 5) is 2.63. The van der Waals surface area contributed by atoms with Gasteiger partial charge in [0.2, 0.25) is 0 Å². The Morgan fingerprint density at radius 3 is 3.06 bits per heavy atom. The molecule has 0 saturated carbocycles. The van der Waals surface area contributed by atoms with Crippen molar-refractivity contribution in [2.24, 2.45) is 0 Å². The molecule has 0 aromatic rings. The lowest BCUT2D eigenvalue weighted by Gasteiger charge is -2.39. The zero-order valence-corrected chi connectivity index (χ0v) is 12.0. The summed E-state index contributed by atoms with van der Waals surface area (Å²) in [7, 11) is 0. The van der Waals surface area contributed by atoms with Crippen molar-refractivity contribution < 1.29 is 4.74 Å². The maximum absolute atomic E-state index is 5.74. The van der Waals surface area contributed by atoms with Gasteiger partial charge in [0.1, 0.15) is 0 Å². The Morgan fingerprint density at radius 2 is 2.35 bits per heavy atom. The molecule has 1 N–H and O–H groups in total. The molecular formula is C13H26N2OS. The van der Waals surface area contributed by atoms with E-state index < -0.39 is 0 Å². The van der Waals surface area contributed by atoms with E-state index in [0.717, 1.165) is 19.2 Å². The third kappa shape index (κ3) is 4.12. The molecule has 2 heterocycles. The second-order valence-electron chi connectivity index (χ2n) is 5.22. The summed E-state index contributed by atoms with van der Waals surface area (Å²) >= 11 is 2.09. The van der Waals surface area contributed by atoms with Crippen LogP contribution in [0.15, 0.2) is 0 Å². The fourth-order valence-corrected chi connectivity index (χ4v) is 3.69. The third-order valence-corrected chi connectivity index (χ3v) is 4.95. The zero-order valence-electron chi connectivity index (χ0n) is 11.2. The van der Waals surface area contributed by atoms with Crippen molar-refractivity contribution >= 4 is 11.8 Å². The second kappa shape index (κ2) is 6.98. The van der Waals surface area contributed by atoms with Crippen LogP contribution in [-0.2, 0) is 4.74 Å². The van der Waals surface area contributed by atoms with Crippen LogP contribution in [0, 0.1) is 0 Å². The van der Waals surface area contributed by atoms with Crippen molar-refractivity contribution in [3.05, 3.63) is 0 Å². The SMILES string of the molecule is CCC1COC(C)CN1CCC1CSCCN1. The van der Waals surface area contributed by atoms with Gasteiger partial charge >= 0.3 is 0 Å². The number of nitrogens with zero attached hydrogens (tertiary/aromatic N) is 1. The highest BCUT2D eigenvalue weighted by molar-refractivity contribution is 7.99. The summed E-state index contributed by atoms with van der Waals surface area (Å²) in [5.41, 5.74) is 0. The van der Waals surface area contributed by atoms with E-state index >= 15 is 0 Å². The lowest BCUT2D eigenvalue weighted by atomic mass is 10.1. The van der Waals surface area contributed by atoms with Gasteiger partial charge in [-0.2, -0.15) is 11.8 Å². The molecule has 0 amide bonds. The van der Waals surface area contributed by atoms with Gasteiger partial charge < -0.3 is 10.1 Å². The lowest BCUT2D eigenvalue weighted by molar-refractivity contribution is -0.0565. The van der Waals surface area contributed by atoms with Crippen LogP contribution in [0.5, 0.6) is 0 Å². The molecule has 0 aliphatic carbocycles. The molecule has 0 aromatic heterocycles. The van der Waals surface area contributed by atoms with Crippen molar-refractivity contribution in [2.75, 3.05) is 37.7 Å². The minimum absolute atomic E-state index is 0.409. The van der Waals surface area contributed by atoms with Crippen LogP contribution in [0.2, 0.25) is 0 Å². The van der Waals surface area contributed by atoms with Gasteiger partial charge in [-0.1, -0.05) is 6.92 Å². The number of ether oxygens (including phenoxy) is 1. The molecule has 0 radical (unpaired) electrons. The first-order valence-corrected chi connectivity index (χ1v) is 8.12. The number of morpholine rings is 1. The fourth-order valence-electron chi connectivity index (χ4n) is 2.69. The molecule has 2 fully saturated rings. The van der Waals surface area contributed by atoms with E-state index in [-0.39, 0.29) is 0 Å². The van der Waals surface area contributed by atoms with Gasteiger partial charge in [0.15, 0.2) is 0 Å². The first-order valence-electron chi connectivity index (χ1n) is 6.96. The second-order valence-corrected chi connectivity index (χ2v) is 6.37. The van der Waals surface area contributed by atoms with E-state index in [0.29, 0.717) is 12.1 Å². The smallest absolute Gasteiger partial charge is 0.0674 e. The zero-order chi connectivity index (χ0) is 12.1. The minimum Gasteiger partial charge on any atom is -0.376 e. The van der Waals surface area contributed by atoms with Gasteiger partial charge in [0.05, 0.1) is 12.7 Å². The van der Waals surface area contributed by atoms with E-state index in [1.54, 1.807) is 0 Å². The third-order valence-electron chi connectivity index (χ3n) is 3.82. The molecule has 2 rings (SSSR count). The Morgan fingerprint density at radius 1 is 1.47 bits per heavy atom. The van der Waals surface area contributed by atoms with Crippen LogP contribution in [0.1, 0.15) is 26.7 Å². The van der Waals surface area contributed by atoms with Crippen molar-refractivity contribution in [3.8, 4) is 0 Å². The molecule has 2 saturated heterocycles. The summed E-state index contributed by atoms with van der Waals surface area (Å²) in [6.45, 7) is 8.90. The summed E-state index contributed by atoms with van der Waals surface area (Å²) in [5.74, 6) is 2.57. The molecule has 3 unspecified atom stereocenters. The van der Waals surface area contributed by atoms with E-state index in [1.165, 1.54) is 37.4 Å². The summed E-state index contributed by atoms with van der Waals surface area (Å²) < 4.78 is 5.74. The lowest BCUT2D eigenvalue weighted by Crippen LogP contribution is -2.50. The number of hydrogen-bond donors (Lipinski definition) is 1. The standard InChI is InChI=1S/C13H26N2OS/c1-3-13-9-16-11(2)8-15(13)6-4-12-10-17-7-5-14-12/h11-14H,3-10H2,1-2H3. The summed E-state index contributed by atoms with van der Waals surface area (Å²) in [5, 5.41) is 3.62. The molecule has 0 bridgehead atoms. The Bertz CT molecular complexity index is 221. The minimum atomic E-state index is 0.409. The molecular weight excluding hydrogens is 232 g/mol. The Balaban J connectivity index is 1.74. The molecule has 0 spiro atoms. The molecule has 3 nitrogen and oxygen atoms in total. The largest absolute Gasteiger partial charge is 0.376 e. The van der Waals surface area contributed by atoms with Crippen LogP contribution in [0.4, 0.5) is 0 Å². The van der Waals surface area contributed by atoms with Crippen LogP contribution in [0.25, 0.3) is 0 Å². The Hall–Kier alpha value is 0.230. The van der Waals surface area contributed by atoms with Gasteiger partial charge in [-0.05, 0) is 19.8 Å². The number of rotatable bonds is 4. The average molecular weight is 258 g/mol. The quantitative estimate of drug-likeness (QED) is 0.827. The number of nitrogens with one attached hydrogen (secondary N) is 1. The van der Waals surface area contributed by atoms with E-state index in [1.807, 2.05) is 0 Å². The first kappa shape index (κ1) is 13.7. The topological polar surface area (TPSA) is 24.5 Å². The molecule has 3 atom stereocenters. The van der Waals surface area contributed by atoms with E-state index in [9.17, 15) is 0 Å². The van der Waals surface area contributed by atoms with Crippen LogP contribution >= 0.6 is 11.8 Å². The van der Waals surface area contributed by atoms with Crippen LogP contribution in [0.3, 0.4) is 0 Å². The first-order chi connectivity index (χ1) is 8.29. The van der Waals surface area contributed by atoms with Gasteiger partial charge in [0.25, 0.3) is 0 Å². The molecule has 2 aliphatic heterocycles. The van der Waals surface area contributed by atoms with Gasteiger partial charge in [-0.25, -0.2) is 0 Å². The summed E-state index contributed by atoms with van der Waals surface area (Å²) in [6, 6.07) is 1.37. The predicted molar refractivity (Wildman–Crippen MR) is 74.8 cm³/mol. The van der Waals surface area contributed by atoms with Gasteiger partial charge in [-0.15, -0.1) is 0 Å². The number of thioether (sulfide) groups is 1. The molecule has 4 heteroatoms. The van der Waals surface area contributed by atoms with Crippen molar-refractivity contribution in [1.29, 1.82) is 0 Å². The van der Waals surface area contributed by atoms with E-state index in [2.05, 4.69) is 35.8 Å².